The number of oxazole rings is 1. The zero-order valence-corrected chi connectivity index (χ0v) is 20.0. The summed E-state index contributed by atoms with van der Waals surface area (Å²) >= 11 is 5.95. The maximum atomic E-state index is 13.0. The summed E-state index contributed by atoms with van der Waals surface area (Å²) in [5.41, 5.74) is 2.08. The van der Waals surface area contributed by atoms with Crippen LogP contribution in [-0.2, 0) is 26.5 Å². The van der Waals surface area contributed by atoms with Crippen molar-refractivity contribution in [3.05, 3.63) is 64.5 Å². The SMILES string of the molecule is COc1ccc(CCNc2oc(Cc3ccc(Cl)cc3)nc2P(=O)(OC)OC)cc1OC. The molecule has 0 aliphatic heterocycles. The molecule has 0 saturated carbocycles. The highest BCUT2D eigenvalue weighted by Gasteiger charge is 2.34. The number of halogens is 1. The lowest BCUT2D eigenvalue weighted by molar-refractivity contribution is 0.286. The first-order valence-corrected chi connectivity index (χ1v) is 11.8. The largest absolute Gasteiger partial charge is 0.493 e. The Hall–Kier alpha value is -2.51. The topological polar surface area (TPSA) is 92.1 Å². The van der Waals surface area contributed by atoms with Crippen molar-refractivity contribution in [3.8, 4) is 11.5 Å². The van der Waals surface area contributed by atoms with E-state index in [9.17, 15) is 4.57 Å². The molecule has 10 heteroatoms. The van der Waals surface area contributed by atoms with Crippen molar-refractivity contribution in [2.24, 2.45) is 0 Å². The minimum absolute atomic E-state index is 0.110. The van der Waals surface area contributed by atoms with Gasteiger partial charge in [0, 0.05) is 32.2 Å². The lowest BCUT2D eigenvalue weighted by Gasteiger charge is -2.13. The summed E-state index contributed by atoms with van der Waals surface area (Å²) in [5.74, 6) is 1.94. The molecule has 0 bridgehead atoms. The molecule has 0 saturated heterocycles. The van der Waals surface area contributed by atoms with Gasteiger partial charge in [-0.3, -0.25) is 4.57 Å². The molecule has 1 N–H and O–H groups in total. The van der Waals surface area contributed by atoms with Crippen LogP contribution < -0.4 is 20.2 Å². The lowest BCUT2D eigenvalue weighted by atomic mass is 10.1. The number of aromatic nitrogens is 1. The second-order valence-electron chi connectivity index (χ2n) is 6.79. The smallest absolute Gasteiger partial charge is 0.384 e. The quantitative estimate of drug-likeness (QED) is 0.395. The van der Waals surface area contributed by atoms with Gasteiger partial charge in [-0.2, -0.15) is 0 Å². The predicted octanol–water partition coefficient (Wildman–Crippen LogP) is 4.70. The van der Waals surface area contributed by atoms with Crippen LogP contribution in [0.1, 0.15) is 17.0 Å². The number of hydrogen-bond acceptors (Lipinski definition) is 8. The minimum atomic E-state index is -3.62. The Morgan fingerprint density at radius 2 is 1.62 bits per heavy atom. The van der Waals surface area contributed by atoms with Gasteiger partial charge in [0.1, 0.15) is 0 Å². The van der Waals surface area contributed by atoms with E-state index in [0.717, 1.165) is 11.1 Å². The van der Waals surface area contributed by atoms with Crippen LogP contribution in [0.2, 0.25) is 5.02 Å². The summed E-state index contributed by atoms with van der Waals surface area (Å²) < 4.78 is 39.8. The van der Waals surface area contributed by atoms with Gasteiger partial charge in [-0.1, -0.05) is 29.8 Å². The first-order valence-electron chi connectivity index (χ1n) is 9.83. The van der Waals surface area contributed by atoms with Crippen molar-refractivity contribution >= 4 is 30.5 Å². The van der Waals surface area contributed by atoms with Gasteiger partial charge in [-0.05, 0) is 41.8 Å². The van der Waals surface area contributed by atoms with Gasteiger partial charge < -0.3 is 28.3 Å². The third kappa shape index (κ3) is 5.64. The van der Waals surface area contributed by atoms with Crippen LogP contribution in [0.5, 0.6) is 11.5 Å². The van der Waals surface area contributed by atoms with Gasteiger partial charge in [0.15, 0.2) is 11.5 Å². The third-order valence-corrected chi connectivity index (χ3v) is 6.84. The second-order valence-corrected chi connectivity index (χ2v) is 9.38. The van der Waals surface area contributed by atoms with Gasteiger partial charge in [0.25, 0.3) is 0 Å². The standard InChI is InChI=1S/C22H26ClN2O6P/c1-27-18-10-7-16(13-19(18)28-2)11-12-24-21-22(32(26,29-3)30-4)25-20(31-21)14-15-5-8-17(23)9-6-15/h5-10,13,24H,11-12,14H2,1-4H3. The zero-order chi connectivity index (χ0) is 23.1. The molecule has 0 fully saturated rings. The fourth-order valence-electron chi connectivity index (χ4n) is 3.11. The fraction of sp³-hybridized carbons (Fsp3) is 0.318. The van der Waals surface area contributed by atoms with Gasteiger partial charge in [0.2, 0.25) is 17.2 Å². The molecule has 32 heavy (non-hydrogen) atoms. The van der Waals surface area contributed by atoms with Crippen LogP contribution >= 0.6 is 19.2 Å². The fourth-order valence-corrected chi connectivity index (χ4v) is 4.34. The third-order valence-electron chi connectivity index (χ3n) is 4.81. The molecule has 0 radical (unpaired) electrons. The number of nitrogens with zero attached hydrogens (tertiary/aromatic N) is 1. The van der Waals surface area contributed by atoms with Crippen LogP contribution in [0.15, 0.2) is 46.9 Å². The molecule has 1 heterocycles. The molecule has 0 atom stereocenters. The molecule has 172 valence electrons. The van der Waals surface area contributed by atoms with E-state index in [1.165, 1.54) is 14.2 Å². The summed E-state index contributed by atoms with van der Waals surface area (Å²) in [6.45, 7) is 0.492. The monoisotopic (exact) mass is 480 g/mol. The molecule has 2 aromatic carbocycles. The van der Waals surface area contributed by atoms with Crippen molar-refractivity contribution in [1.29, 1.82) is 0 Å². The van der Waals surface area contributed by atoms with E-state index < -0.39 is 7.60 Å². The van der Waals surface area contributed by atoms with E-state index in [0.29, 0.717) is 41.8 Å². The molecule has 1 aromatic heterocycles. The van der Waals surface area contributed by atoms with E-state index in [1.807, 2.05) is 30.3 Å². The summed E-state index contributed by atoms with van der Waals surface area (Å²) in [5, 5.41) is 3.80. The molecular weight excluding hydrogens is 455 g/mol. The summed E-state index contributed by atoms with van der Waals surface area (Å²) in [6.07, 6.45) is 1.05. The van der Waals surface area contributed by atoms with E-state index in [2.05, 4.69) is 10.3 Å². The summed E-state index contributed by atoms with van der Waals surface area (Å²) in [4.78, 5) is 4.41. The second kappa shape index (κ2) is 10.9. The molecule has 0 spiro atoms. The van der Waals surface area contributed by atoms with Crippen molar-refractivity contribution in [2.75, 3.05) is 40.3 Å². The van der Waals surface area contributed by atoms with Crippen molar-refractivity contribution in [2.45, 2.75) is 12.8 Å². The van der Waals surface area contributed by atoms with E-state index in [1.54, 1.807) is 26.4 Å². The molecular formula is C22H26ClN2O6P. The van der Waals surface area contributed by atoms with Crippen molar-refractivity contribution in [3.63, 3.8) is 0 Å². The average molecular weight is 481 g/mol. The summed E-state index contributed by atoms with van der Waals surface area (Å²) in [7, 11) is 2.18. The molecule has 3 aromatic rings. The predicted molar refractivity (Wildman–Crippen MR) is 124 cm³/mol. The molecule has 3 rings (SSSR count). The number of hydrogen-bond donors (Lipinski definition) is 1. The highest BCUT2D eigenvalue weighted by molar-refractivity contribution is 7.62. The molecule has 0 amide bonds. The Kier molecular flexibility index (Phi) is 8.21. The van der Waals surface area contributed by atoms with Gasteiger partial charge >= 0.3 is 7.60 Å². The number of methoxy groups -OCH3 is 2. The normalized spacial score (nSPS) is 11.4. The van der Waals surface area contributed by atoms with Gasteiger partial charge in [0.05, 0.1) is 14.2 Å². The average Bonchev–Trinajstić information content (AvgIpc) is 3.23. The Labute approximate surface area is 192 Å². The molecule has 0 aliphatic carbocycles. The van der Waals surface area contributed by atoms with E-state index in [4.69, 9.17) is 34.5 Å². The van der Waals surface area contributed by atoms with Gasteiger partial charge in [-0.15, -0.1) is 0 Å². The lowest BCUT2D eigenvalue weighted by Crippen LogP contribution is -2.16. The Morgan fingerprint density at radius 3 is 2.25 bits per heavy atom. The Bertz CT molecular complexity index is 1080. The maximum absolute atomic E-state index is 13.0. The maximum Gasteiger partial charge on any atom is 0.384 e. The summed E-state index contributed by atoms with van der Waals surface area (Å²) in [6, 6.07) is 13.0. The first-order chi connectivity index (χ1) is 15.4. The highest BCUT2D eigenvalue weighted by atomic mass is 35.5. The number of benzene rings is 2. The molecule has 8 nitrogen and oxygen atoms in total. The molecule has 0 unspecified atom stereocenters. The van der Waals surface area contributed by atoms with Gasteiger partial charge in [-0.25, -0.2) is 4.98 Å². The highest BCUT2D eigenvalue weighted by Crippen LogP contribution is 2.47. The van der Waals surface area contributed by atoms with Crippen LogP contribution in [0.25, 0.3) is 0 Å². The van der Waals surface area contributed by atoms with Crippen LogP contribution in [0, 0.1) is 0 Å². The number of rotatable bonds is 11. The number of ether oxygens (including phenoxy) is 2. The number of nitrogens with one attached hydrogen (secondary N) is 1. The Morgan fingerprint density at radius 1 is 0.969 bits per heavy atom. The zero-order valence-electron chi connectivity index (χ0n) is 18.4. The van der Waals surface area contributed by atoms with Crippen molar-refractivity contribution < 1.29 is 27.5 Å². The van der Waals surface area contributed by atoms with E-state index in [-0.39, 0.29) is 11.3 Å². The Balaban J connectivity index is 1.78. The molecule has 0 aliphatic rings. The van der Waals surface area contributed by atoms with Crippen LogP contribution in [0.3, 0.4) is 0 Å². The minimum Gasteiger partial charge on any atom is -0.493 e. The van der Waals surface area contributed by atoms with E-state index >= 15 is 0 Å². The van der Waals surface area contributed by atoms with Crippen LogP contribution in [-0.4, -0.2) is 40.0 Å². The van der Waals surface area contributed by atoms with Crippen LogP contribution in [0.4, 0.5) is 5.88 Å². The van der Waals surface area contributed by atoms with Crippen molar-refractivity contribution in [1.82, 2.24) is 4.98 Å². The number of anilines is 1. The first kappa shape index (κ1) is 24.1.